The number of imide groups is 1. The zero-order valence-electron chi connectivity index (χ0n) is 18.4. The molecule has 1 aliphatic rings. The summed E-state index contributed by atoms with van der Waals surface area (Å²) in [5, 5.41) is 2.77. The van der Waals surface area contributed by atoms with Gasteiger partial charge >= 0.3 is 6.03 Å². The quantitative estimate of drug-likeness (QED) is 0.521. The molecule has 30 heavy (non-hydrogen) atoms. The highest BCUT2D eigenvalue weighted by molar-refractivity contribution is 6.11. The van der Waals surface area contributed by atoms with Gasteiger partial charge in [-0.2, -0.15) is 0 Å². The van der Waals surface area contributed by atoms with Crippen LogP contribution in [0.15, 0.2) is 48.5 Å². The summed E-state index contributed by atoms with van der Waals surface area (Å²) in [6, 6.07) is 14.5. The molecule has 2 aromatic carbocycles. The molecule has 3 amide bonds. The number of hydrogen-bond donors (Lipinski definition) is 1. The van der Waals surface area contributed by atoms with E-state index in [4.69, 9.17) is 0 Å². The Morgan fingerprint density at radius 3 is 2.07 bits per heavy atom. The second-order valence-electron chi connectivity index (χ2n) is 8.58. The van der Waals surface area contributed by atoms with Gasteiger partial charge in [0.2, 0.25) is 0 Å². The first kappa shape index (κ1) is 21.8. The molecule has 5 heteroatoms. The smallest absolute Gasteiger partial charge is 0.319 e. The Bertz CT molecular complexity index is 947. The van der Waals surface area contributed by atoms with E-state index in [1.807, 2.05) is 36.4 Å². The molecule has 0 bridgehead atoms. The summed E-state index contributed by atoms with van der Waals surface area (Å²) in [7, 11) is 0. The lowest BCUT2D eigenvalue weighted by molar-refractivity contribution is -0.130. The zero-order chi connectivity index (χ0) is 22.1. The Morgan fingerprint density at radius 2 is 1.53 bits per heavy atom. The molecule has 0 saturated carbocycles. The molecule has 1 N–H and O–H groups in total. The van der Waals surface area contributed by atoms with Crippen LogP contribution < -0.4 is 5.32 Å². The molecule has 0 aromatic heterocycles. The number of urea groups is 1. The average molecular weight is 407 g/mol. The van der Waals surface area contributed by atoms with Gasteiger partial charge in [0.1, 0.15) is 5.54 Å². The summed E-state index contributed by atoms with van der Waals surface area (Å²) in [6.45, 7) is 9.87. The standard InChI is InChI=1S/C25H30N2O3/c1-6-17(4)19-7-9-20(10-8-19)22(28)15-27-23(29)25(5,26-24(27)30)21-13-11-18(12-14-21)16(2)3/h7-14,16-17H,6,15H2,1-5H3,(H,26,30)/t17-,25+/m0/s1. The Kier molecular flexibility index (Phi) is 6.11. The maximum Gasteiger partial charge on any atom is 0.325 e. The summed E-state index contributed by atoms with van der Waals surface area (Å²) in [5.41, 5.74) is 2.36. The van der Waals surface area contributed by atoms with Gasteiger partial charge in [0.25, 0.3) is 5.91 Å². The SMILES string of the molecule is CC[C@H](C)c1ccc(C(=O)CN2C(=O)N[C@](C)(c3ccc(C(C)C)cc3)C2=O)cc1. The molecule has 0 radical (unpaired) electrons. The fraction of sp³-hybridized carbons (Fsp3) is 0.400. The van der Waals surface area contributed by atoms with Gasteiger partial charge in [0, 0.05) is 5.56 Å². The predicted molar refractivity (Wildman–Crippen MR) is 118 cm³/mol. The molecule has 1 saturated heterocycles. The van der Waals surface area contributed by atoms with Crippen LogP contribution in [0.5, 0.6) is 0 Å². The average Bonchev–Trinajstić information content (AvgIpc) is 2.97. The van der Waals surface area contributed by atoms with Crippen molar-refractivity contribution in [2.75, 3.05) is 6.54 Å². The zero-order valence-corrected chi connectivity index (χ0v) is 18.4. The van der Waals surface area contributed by atoms with Crippen molar-refractivity contribution in [2.45, 2.75) is 58.4 Å². The molecular weight excluding hydrogens is 376 g/mol. The number of carbonyl (C=O) groups excluding carboxylic acids is 3. The lowest BCUT2D eigenvalue weighted by Gasteiger charge is -2.22. The van der Waals surface area contributed by atoms with E-state index < -0.39 is 17.5 Å². The van der Waals surface area contributed by atoms with Gasteiger partial charge in [0.15, 0.2) is 5.78 Å². The van der Waals surface area contributed by atoms with Crippen LogP contribution in [-0.2, 0) is 10.3 Å². The minimum absolute atomic E-state index is 0.256. The molecule has 1 fully saturated rings. The monoisotopic (exact) mass is 406 g/mol. The summed E-state index contributed by atoms with van der Waals surface area (Å²) >= 11 is 0. The maximum absolute atomic E-state index is 13.1. The van der Waals surface area contributed by atoms with Gasteiger partial charge in [-0.1, -0.05) is 76.2 Å². The second kappa shape index (κ2) is 8.42. The number of Topliss-reactive ketones (excluding diaryl/α,β-unsaturated/α-hetero) is 1. The minimum Gasteiger partial charge on any atom is -0.319 e. The molecular formula is C25H30N2O3. The number of ketones is 1. The molecule has 158 valence electrons. The topological polar surface area (TPSA) is 66.5 Å². The van der Waals surface area contributed by atoms with Crippen LogP contribution in [0.3, 0.4) is 0 Å². The Morgan fingerprint density at radius 1 is 0.967 bits per heavy atom. The van der Waals surface area contributed by atoms with Crippen molar-refractivity contribution in [3.8, 4) is 0 Å². The Balaban J connectivity index is 1.76. The highest BCUT2D eigenvalue weighted by Crippen LogP contribution is 2.30. The van der Waals surface area contributed by atoms with Crippen molar-refractivity contribution in [3.63, 3.8) is 0 Å². The first-order chi connectivity index (χ1) is 14.2. The molecule has 1 heterocycles. The maximum atomic E-state index is 13.1. The van der Waals surface area contributed by atoms with E-state index in [1.54, 1.807) is 19.1 Å². The molecule has 0 aliphatic carbocycles. The van der Waals surface area contributed by atoms with Gasteiger partial charge in [-0.15, -0.1) is 0 Å². The van der Waals surface area contributed by atoms with E-state index in [0.29, 0.717) is 23.0 Å². The van der Waals surface area contributed by atoms with Gasteiger partial charge in [0.05, 0.1) is 6.54 Å². The highest BCUT2D eigenvalue weighted by Gasteiger charge is 2.49. The number of rotatable bonds is 7. The van der Waals surface area contributed by atoms with Crippen molar-refractivity contribution in [3.05, 3.63) is 70.8 Å². The number of hydrogen-bond acceptors (Lipinski definition) is 3. The lowest BCUT2D eigenvalue weighted by Crippen LogP contribution is -2.41. The summed E-state index contributed by atoms with van der Waals surface area (Å²) in [6.07, 6.45) is 1.02. The van der Waals surface area contributed by atoms with E-state index >= 15 is 0 Å². The Labute approximate surface area is 178 Å². The molecule has 1 aliphatic heterocycles. The molecule has 3 rings (SSSR count). The Hall–Kier alpha value is -2.95. The van der Waals surface area contributed by atoms with Gasteiger partial charge in [-0.05, 0) is 41.9 Å². The van der Waals surface area contributed by atoms with Crippen LogP contribution in [0.1, 0.15) is 79.9 Å². The van der Waals surface area contributed by atoms with Crippen LogP contribution in [0.2, 0.25) is 0 Å². The van der Waals surface area contributed by atoms with Crippen molar-refractivity contribution in [1.29, 1.82) is 0 Å². The summed E-state index contributed by atoms with van der Waals surface area (Å²) in [4.78, 5) is 39.4. The van der Waals surface area contributed by atoms with Crippen LogP contribution in [-0.4, -0.2) is 29.2 Å². The fourth-order valence-electron chi connectivity index (χ4n) is 3.71. The molecule has 5 nitrogen and oxygen atoms in total. The first-order valence-electron chi connectivity index (χ1n) is 10.5. The molecule has 2 atom stereocenters. The second-order valence-corrected chi connectivity index (χ2v) is 8.58. The minimum atomic E-state index is -1.17. The summed E-state index contributed by atoms with van der Waals surface area (Å²) < 4.78 is 0. The van der Waals surface area contributed by atoms with Crippen LogP contribution in [0.4, 0.5) is 4.79 Å². The molecule has 0 unspecified atom stereocenters. The van der Waals surface area contributed by atoms with Crippen molar-refractivity contribution in [1.82, 2.24) is 10.2 Å². The van der Waals surface area contributed by atoms with Crippen molar-refractivity contribution >= 4 is 17.7 Å². The van der Waals surface area contributed by atoms with E-state index in [-0.39, 0.29) is 12.3 Å². The normalized spacial score (nSPS) is 19.9. The van der Waals surface area contributed by atoms with E-state index in [2.05, 4.69) is 33.0 Å². The van der Waals surface area contributed by atoms with Crippen LogP contribution in [0.25, 0.3) is 0 Å². The van der Waals surface area contributed by atoms with Crippen molar-refractivity contribution in [2.24, 2.45) is 0 Å². The highest BCUT2D eigenvalue weighted by atomic mass is 16.2. The number of amides is 3. The van der Waals surface area contributed by atoms with Crippen LogP contribution in [0, 0.1) is 0 Å². The fourth-order valence-corrected chi connectivity index (χ4v) is 3.71. The lowest BCUT2D eigenvalue weighted by atomic mass is 9.90. The van der Waals surface area contributed by atoms with Gasteiger partial charge in [-0.25, -0.2) is 4.79 Å². The van der Waals surface area contributed by atoms with E-state index in [9.17, 15) is 14.4 Å². The number of benzene rings is 2. The third-order valence-corrected chi connectivity index (χ3v) is 6.15. The van der Waals surface area contributed by atoms with Crippen molar-refractivity contribution < 1.29 is 14.4 Å². The van der Waals surface area contributed by atoms with E-state index in [1.165, 1.54) is 5.56 Å². The third kappa shape index (κ3) is 4.02. The first-order valence-corrected chi connectivity index (χ1v) is 10.5. The van der Waals surface area contributed by atoms with Crippen LogP contribution >= 0.6 is 0 Å². The van der Waals surface area contributed by atoms with Gasteiger partial charge in [-0.3, -0.25) is 14.5 Å². The van der Waals surface area contributed by atoms with E-state index in [0.717, 1.165) is 16.9 Å². The predicted octanol–water partition coefficient (Wildman–Crippen LogP) is 4.97. The molecule has 0 spiro atoms. The number of carbonyl (C=O) groups is 3. The number of nitrogens with one attached hydrogen (secondary N) is 1. The third-order valence-electron chi connectivity index (χ3n) is 6.15. The molecule has 2 aromatic rings. The largest absolute Gasteiger partial charge is 0.325 e. The van der Waals surface area contributed by atoms with Gasteiger partial charge < -0.3 is 5.32 Å². The summed E-state index contributed by atoms with van der Waals surface area (Å²) in [5.74, 6) is 0.132. The number of nitrogens with zero attached hydrogens (tertiary/aromatic N) is 1.